The molecule has 3 nitrogen and oxygen atoms in total. The van der Waals surface area contributed by atoms with E-state index in [2.05, 4.69) is 5.32 Å². The first-order valence-corrected chi connectivity index (χ1v) is 5.36. The molecule has 1 unspecified atom stereocenters. The maximum atomic E-state index is 9.00. The van der Waals surface area contributed by atoms with E-state index in [4.69, 9.17) is 10.8 Å². The molecule has 1 atom stereocenters. The molecule has 0 fully saturated rings. The predicted octanol–water partition coefficient (Wildman–Crippen LogP) is 0.866. The third-order valence-electron chi connectivity index (χ3n) is 2.05. The summed E-state index contributed by atoms with van der Waals surface area (Å²) in [5, 5.41) is 12.3. The Morgan fingerprint density at radius 2 is 1.85 bits per heavy atom. The van der Waals surface area contributed by atoms with E-state index in [1.807, 2.05) is 6.92 Å². The minimum Gasteiger partial charge on any atom is -0.393 e. The highest BCUT2D eigenvalue weighted by atomic mass is 16.3. The topological polar surface area (TPSA) is 58.3 Å². The van der Waals surface area contributed by atoms with E-state index in [1.54, 1.807) is 0 Å². The fourth-order valence-corrected chi connectivity index (χ4v) is 1.27. The third-order valence-corrected chi connectivity index (χ3v) is 2.05. The van der Waals surface area contributed by atoms with Crippen molar-refractivity contribution in [3.8, 4) is 0 Å². The summed E-state index contributed by atoms with van der Waals surface area (Å²) in [7, 11) is 0. The van der Waals surface area contributed by atoms with E-state index in [1.165, 1.54) is 19.3 Å². The van der Waals surface area contributed by atoms with Gasteiger partial charge >= 0.3 is 0 Å². The molecule has 0 spiro atoms. The van der Waals surface area contributed by atoms with Gasteiger partial charge in [0.1, 0.15) is 0 Å². The Labute approximate surface area is 81.7 Å². The Morgan fingerprint density at radius 3 is 2.46 bits per heavy atom. The highest BCUT2D eigenvalue weighted by Crippen LogP contribution is 2.04. The number of hydrogen-bond acceptors (Lipinski definition) is 3. The van der Waals surface area contributed by atoms with Crippen molar-refractivity contribution in [2.24, 2.45) is 5.73 Å². The summed E-state index contributed by atoms with van der Waals surface area (Å²) >= 11 is 0. The fraction of sp³-hybridized carbons (Fsp3) is 1.00. The Hall–Kier alpha value is -0.120. The molecule has 13 heavy (non-hydrogen) atoms. The lowest BCUT2D eigenvalue weighted by molar-refractivity contribution is 0.180. The second kappa shape index (κ2) is 9.96. The van der Waals surface area contributed by atoms with E-state index >= 15 is 0 Å². The smallest absolute Gasteiger partial charge is 0.0512 e. The van der Waals surface area contributed by atoms with Crippen molar-refractivity contribution in [1.82, 2.24) is 5.32 Å². The fourth-order valence-electron chi connectivity index (χ4n) is 1.27. The van der Waals surface area contributed by atoms with Gasteiger partial charge < -0.3 is 16.2 Å². The van der Waals surface area contributed by atoms with Crippen molar-refractivity contribution in [3.05, 3.63) is 0 Å². The van der Waals surface area contributed by atoms with Crippen LogP contribution in [0.5, 0.6) is 0 Å². The zero-order valence-corrected chi connectivity index (χ0v) is 8.76. The summed E-state index contributed by atoms with van der Waals surface area (Å²) in [6, 6.07) is 0. The second-order valence-electron chi connectivity index (χ2n) is 3.59. The molecular formula is C10H24N2O. The Kier molecular flexibility index (Phi) is 9.87. The molecule has 0 saturated heterocycles. The van der Waals surface area contributed by atoms with Crippen LogP contribution in [0.25, 0.3) is 0 Å². The summed E-state index contributed by atoms with van der Waals surface area (Å²) in [5.74, 6) is 0. The average molecular weight is 188 g/mol. The number of aliphatic hydroxyl groups excluding tert-OH is 1. The molecule has 80 valence electrons. The Balaban J connectivity index is 2.84. The van der Waals surface area contributed by atoms with Crippen molar-refractivity contribution >= 4 is 0 Å². The van der Waals surface area contributed by atoms with Crippen LogP contribution >= 0.6 is 0 Å². The van der Waals surface area contributed by atoms with Gasteiger partial charge in [-0.1, -0.05) is 19.3 Å². The van der Waals surface area contributed by atoms with Crippen molar-refractivity contribution in [2.75, 3.05) is 19.6 Å². The molecule has 0 aliphatic heterocycles. The van der Waals surface area contributed by atoms with E-state index < -0.39 is 0 Å². The maximum absolute atomic E-state index is 9.00. The molecular weight excluding hydrogens is 164 g/mol. The zero-order valence-electron chi connectivity index (χ0n) is 8.76. The largest absolute Gasteiger partial charge is 0.393 e. The summed E-state index contributed by atoms with van der Waals surface area (Å²) in [5.41, 5.74) is 5.33. The molecule has 0 aliphatic carbocycles. The minimum absolute atomic E-state index is 0.129. The summed E-state index contributed by atoms with van der Waals surface area (Å²) < 4.78 is 0. The molecule has 0 aromatic heterocycles. The molecule has 0 radical (unpaired) electrons. The molecule has 0 aromatic carbocycles. The van der Waals surface area contributed by atoms with Gasteiger partial charge in [0.15, 0.2) is 0 Å². The quantitative estimate of drug-likeness (QED) is 0.470. The SMILES string of the molecule is CC(O)CCCCCCNCCN. The van der Waals surface area contributed by atoms with E-state index in [0.29, 0.717) is 0 Å². The molecule has 3 heteroatoms. The summed E-state index contributed by atoms with van der Waals surface area (Å²) in [6.07, 6.45) is 5.67. The maximum Gasteiger partial charge on any atom is 0.0512 e. The van der Waals surface area contributed by atoms with Crippen LogP contribution in [0.15, 0.2) is 0 Å². The lowest BCUT2D eigenvalue weighted by atomic mass is 10.1. The zero-order chi connectivity index (χ0) is 9.94. The lowest BCUT2D eigenvalue weighted by Crippen LogP contribution is -2.23. The van der Waals surface area contributed by atoms with Gasteiger partial charge in [0.2, 0.25) is 0 Å². The molecule has 0 heterocycles. The van der Waals surface area contributed by atoms with Crippen LogP contribution < -0.4 is 11.1 Å². The second-order valence-corrected chi connectivity index (χ2v) is 3.59. The van der Waals surface area contributed by atoms with Crippen molar-refractivity contribution in [2.45, 2.75) is 45.1 Å². The summed E-state index contributed by atoms with van der Waals surface area (Å²) in [6.45, 7) is 4.57. The van der Waals surface area contributed by atoms with E-state index in [9.17, 15) is 0 Å². The van der Waals surface area contributed by atoms with Gasteiger partial charge in [-0.15, -0.1) is 0 Å². The number of unbranched alkanes of at least 4 members (excludes halogenated alkanes) is 3. The van der Waals surface area contributed by atoms with E-state index in [-0.39, 0.29) is 6.10 Å². The number of nitrogens with one attached hydrogen (secondary N) is 1. The van der Waals surface area contributed by atoms with Gasteiger partial charge in [0.25, 0.3) is 0 Å². The number of nitrogens with two attached hydrogens (primary N) is 1. The first-order chi connectivity index (χ1) is 6.27. The number of hydrogen-bond donors (Lipinski definition) is 3. The van der Waals surface area contributed by atoms with Crippen LogP contribution in [0.2, 0.25) is 0 Å². The molecule has 4 N–H and O–H groups in total. The first-order valence-electron chi connectivity index (χ1n) is 5.36. The first kappa shape index (κ1) is 12.9. The van der Waals surface area contributed by atoms with Gasteiger partial charge in [0.05, 0.1) is 6.10 Å². The van der Waals surface area contributed by atoms with Crippen LogP contribution in [0, 0.1) is 0 Å². The summed E-state index contributed by atoms with van der Waals surface area (Å²) in [4.78, 5) is 0. The van der Waals surface area contributed by atoms with Gasteiger partial charge in [-0.2, -0.15) is 0 Å². The van der Waals surface area contributed by atoms with Crippen LogP contribution in [0.1, 0.15) is 39.0 Å². The van der Waals surface area contributed by atoms with Crippen LogP contribution in [0.4, 0.5) is 0 Å². The molecule has 0 aromatic rings. The van der Waals surface area contributed by atoms with Crippen LogP contribution in [-0.2, 0) is 0 Å². The third kappa shape index (κ3) is 11.9. The number of rotatable bonds is 9. The molecule has 0 aliphatic rings. The van der Waals surface area contributed by atoms with E-state index in [0.717, 1.165) is 32.5 Å². The molecule has 0 saturated carbocycles. The highest BCUT2D eigenvalue weighted by Gasteiger charge is 1.95. The molecule has 0 amide bonds. The normalized spacial score (nSPS) is 13.2. The van der Waals surface area contributed by atoms with Gasteiger partial charge in [-0.05, 0) is 26.3 Å². The average Bonchev–Trinajstić information content (AvgIpc) is 2.09. The highest BCUT2D eigenvalue weighted by molar-refractivity contribution is 4.51. The number of aliphatic hydroxyl groups is 1. The van der Waals surface area contributed by atoms with Crippen molar-refractivity contribution in [1.29, 1.82) is 0 Å². The molecule has 0 rings (SSSR count). The molecule has 0 bridgehead atoms. The monoisotopic (exact) mass is 188 g/mol. The Morgan fingerprint density at radius 1 is 1.15 bits per heavy atom. The van der Waals surface area contributed by atoms with Crippen LogP contribution in [-0.4, -0.2) is 30.8 Å². The minimum atomic E-state index is -0.129. The van der Waals surface area contributed by atoms with Crippen molar-refractivity contribution < 1.29 is 5.11 Å². The van der Waals surface area contributed by atoms with Gasteiger partial charge in [-0.25, -0.2) is 0 Å². The van der Waals surface area contributed by atoms with Gasteiger partial charge in [0, 0.05) is 13.1 Å². The Bertz CT molecular complexity index is 96.9. The predicted molar refractivity (Wildman–Crippen MR) is 56.7 cm³/mol. The van der Waals surface area contributed by atoms with Crippen LogP contribution in [0.3, 0.4) is 0 Å². The van der Waals surface area contributed by atoms with Crippen molar-refractivity contribution in [3.63, 3.8) is 0 Å². The van der Waals surface area contributed by atoms with Gasteiger partial charge in [-0.3, -0.25) is 0 Å². The standard InChI is InChI=1S/C10H24N2O/c1-10(13)6-4-2-3-5-8-12-9-7-11/h10,12-13H,2-9,11H2,1H3. The lowest BCUT2D eigenvalue weighted by Gasteiger charge is -2.04.